The number of carbonyl (C=O) groups is 1. The highest BCUT2D eigenvalue weighted by Gasteiger charge is 2.35. The number of hydrogen-bond acceptors (Lipinski definition) is 5. The molecule has 0 atom stereocenters. The Kier molecular flexibility index (Phi) is 5.28. The molecule has 0 bridgehead atoms. The normalized spacial score (nSPS) is 11.4. The largest absolute Gasteiger partial charge is 0.573 e. The molecule has 0 saturated carbocycles. The molecule has 0 unspecified atom stereocenters. The van der Waals surface area contributed by atoms with Gasteiger partial charge in [0.15, 0.2) is 11.5 Å². The predicted octanol–water partition coefficient (Wildman–Crippen LogP) is 2.64. The molecule has 0 aromatic carbocycles. The highest BCUT2D eigenvalue weighted by Crippen LogP contribution is 2.37. The molecule has 0 spiro atoms. The lowest BCUT2D eigenvalue weighted by atomic mass is 10.2. The van der Waals surface area contributed by atoms with E-state index in [2.05, 4.69) is 19.2 Å². The Bertz CT molecular complexity index is 518. The number of pyridine rings is 1. The zero-order valence-corrected chi connectivity index (χ0v) is 10.8. The molecule has 0 aliphatic rings. The van der Waals surface area contributed by atoms with E-state index in [9.17, 15) is 26.7 Å². The first-order valence-corrected chi connectivity index (χ1v) is 5.36. The summed E-state index contributed by atoms with van der Waals surface area (Å²) in [5, 5.41) is 0. The fourth-order valence-corrected chi connectivity index (χ4v) is 1.40. The minimum Gasteiger partial charge on any atom is -0.493 e. The summed E-state index contributed by atoms with van der Waals surface area (Å²) < 4.78 is 74.9. The molecule has 0 fully saturated rings. The monoisotopic (exact) mass is 315 g/mol. The van der Waals surface area contributed by atoms with Gasteiger partial charge in [-0.25, -0.2) is 13.8 Å². The molecular formula is C11H10F5NO4. The standard InChI is InChI=1S/C11H10F5NO4/c1-19-7-3-6(10(12)13)17-5(4-8(18)20-2)9(7)21-11(14,15)16/h3,10H,4H2,1-2H3. The molecule has 10 heteroatoms. The van der Waals surface area contributed by atoms with Crippen LogP contribution in [0.3, 0.4) is 0 Å². The zero-order valence-electron chi connectivity index (χ0n) is 10.8. The van der Waals surface area contributed by atoms with Gasteiger partial charge in [0, 0.05) is 6.07 Å². The van der Waals surface area contributed by atoms with Gasteiger partial charge in [0.25, 0.3) is 6.43 Å². The van der Waals surface area contributed by atoms with Gasteiger partial charge in [-0.2, -0.15) is 0 Å². The maximum atomic E-state index is 12.7. The van der Waals surface area contributed by atoms with Crippen LogP contribution >= 0.6 is 0 Å². The number of nitrogens with zero attached hydrogens (tertiary/aromatic N) is 1. The summed E-state index contributed by atoms with van der Waals surface area (Å²) in [6.45, 7) is 0. The third kappa shape index (κ3) is 4.72. The van der Waals surface area contributed by atoms with Crippen molar-refractivity contribution in [1.29, 1.82) is 0 Å². The topological polar surface area (TPSA) is 57.7 Å². The van der Waals surface area contributed by atoms with Crippen LogP contribution in [0.25, 0.3) is 0 Å². The minimum absolute atomic E-state index is 0.604. The molecule has 5 nitrogen and oxygen atoms in total. The predicted molar refractivity (Wildman–Crippen MR) is 58.1 cm³/mol. The number of hydrogen-bond donors (Lipinski definition) is 0. The summed E-state index contributed by atoms with van der Waals surface area (Å²) in [5.74, 6) is -2.54. The molecule has 0 aliphatic heterocycles. The fraction of sp³-hybridized carbons (Fsp3) is 0.455. The van der Waals surface area contributed by atoms with Crippen molar-refractivity contribution < 1.29 is 41.0 Å². The van der Waals surface area contributed by atoms with Crippen molar-refractivity contribution in [3.8, 4) is 11.5 Å². The SMILES string of the molecule is COC(=O)Cc1nc(C(F)F)cc(OC)c1OC(F)(F)F. The first kappa shape index (κ1) is 16.9. The van der Waals surface area contributed by atoms with E-state index in [4.69, 9.17) is 0 Å². The summed E-state index contributed by atoms with van der Waals surface area (Å²) in [5.41, 5.74) is -1.51. The Morgan fingerprint density at radius 2 is 1.95 bits per heavy atom. The van der Waals surface area contributed by atoms with E-state index in [1.54, 1.807) is 0 Å². The number of ether oxygens (including phenoxy) is 3. The second-order valence-corrected chi connectivity index (χ2v) is 3.63. The summed E-state index contributed by atoms with van der Waals surface area (Å²) in [6.07, 6.45) is -8.94. The van der Waals surface area contributed by atoms with E-state index in [-0.39, 0.29) is 0 Å². The fourth-order valence-electron chi connectivity index (χ4n) is 1.40. The van der Waals surface area contributed by atoms with E-state index < -0.39 is 48.1 Å². The number of esters is 1. The molecule has 0 amide bonds. The van der Waals surface area contributed by atoms with Crippen LogP contribution in [-0.4, -0.2) is 31.5 Å². The van der Waals surface area contributed by atoms with Crippen LogP contribution in [-0.2, 0) is 16.0 Å². The molecular weight excluding hydrogens is 305 g/mol. The summed E-state index contributed by atoms with van der Waals surface area (Å²) in [6, 6.07) is 0.604. The number of aromatic nitrogens is 1. The summed E-state index contributed by atoms with van der Waals surface area (Å²) in [4.78, 5) is 14.4. The van der Waals surface area contributed by atoms with Crippen molar-refractivity contribution in [3.63, 3.8) is 0 Å². The number of halogens is 5. The molecule has 1 aromatic heterocycles. The van der Waals surface area contributed by atoms with Gasteiger partial charge in [-0.05, 0) is 0 Å². The zero-order chi connectivity index (χ0) is 16.2. The van der Waals surface area contributed by atoms with Crippen LogP contribution in [0.1, 0.15) is 17.8 Å². The average molecular weight is 315 g/mol. The van der Waals surface area contributed by atoms with Crippen molar-refractivity contribution in [2.45, 2.75) is 19.2 Å². The summed E-state index contributed by atoms with van der Waals surface area (Å²) in [7, 11) is 1.95. The highest BCUT2D eigenvalue weighted by atomic mass is 19.4. The molecule has 21 heavy (non-hydrogen) atoms. The van der Waals surface area contributed by atoms with Gasteiger partial charge in [0.2, 0.25) is 0 Å². The molecule has 1 heterocycles. The molecule has 0 aliphatic carbocycles. The van der Waals surface area contributed by atoms with Gasteiger partial charge < -0.3 is 14.2 Å². The lowest BCUT2D eigenvalue weighted by Crippen LogP contribution is -2.20. The number of carbonyl (C=O) groups excluding carboxylic acids is 1. The van der Waals surface area contributed by atoms with Gasteiger partial charge in [-0.3, -0.25) is 4.79 Å². The van der Waals surface area contributed by atoms with Crippen LogP contribution in [0, 0.1) is 0 Å². The number of alkyl halides is 5. The lowest BCUT2D eigenvalue weighted by Gasteiger charge is -2.16. The van der Waals surface area contributed by atoms with Crippen molar-refractivity contribution in [3.05, 3.63) is 17.5 Å². The lowest BCUT2D eigenvalue weighted by molar-refractivity contribution is -0.275. The third-order valence-electron chi connectivity index (χ3n) is 2.23. The van der Waals surface area contributed by atoms with Gasteiger partial charge in [0.05, 0.1) is 26.3 Å². The number of rotatable bonds is 5. The van der Waals surface area contributed by atoms with Gasteiger partial charge in [-0.15, -0.1) is 13.2 Å². The van der Waals surface area contributed by atoms with Gasteiger partial charge >= 0.3 is 12.3 Å². The first-order valence-electron chi connectivity index (χ1n) is 5.36. The van der Waals surface area contributed by atoms with Crippen LogP contribution in [0.4, 0.5) is 22.0 Å². The molecule has 1 aromatic rings. The maximum Gasteiger partial charge on any atom is 0.573 e. The second-order valence-electron chi connectivity index (χ2n) is 3.63. The van der Waals surface area contributed by atoms with Crippen LogP contribution in [0.2, 0.25) is 0 Å². The van der Waals surface area contributed by atoms with E-state index >= 15 is 0 Å². The molecule has 1 rings (SSSR count). The Balaban J connectivity index is 3.37. The average Bonchev–Trinajstić information content (AvgIpc) is 2.38. The molecule has 118 valence electrons. The van der Waals surface area contributed by atoms with E-state index in [1.807, 2.05) is 0 Å². The Labute approximate surface area is 115 Å². The van der Waals surface area contributed by atoms with Crippen molar-refractivity contribution >= 4 is 5.97 Å². The minimum atomic E-state index is -5.10. The smallest absolute Gasteiger partial charge is 0.493 e. The first-order chi connectivity index (χ1) is 9.67. The number of methoxy groups -OCH3 is 2. The third-order valence-corrected chi connectivity index (χ3v) is 2.23. The van der Waals surface area contributed by atoms with E-state index in [1.165, 1.54) is 0 Å². The van der Waals surface area contributed by atoms with Crippen LogP contribution in [0.15, 0.2) is 6.07 Å². The molecule has 0 N–H and O–H groups in total. The second kappa shape index (κ2) is 6.55. The van der Waals surface area contributed by atoms with Crippen molar-refractivity contribution in [1.82, 2.24) is 4.98 Å². The van der Waals surface area contributed by atoms with E-state index in [0.29, 0.717) is 6.07 Å². The highest BCUT2D eigenvalue weighted by molar-refractivity contribution is 5.73. The Morgan fingerprint density at radius 3 is 2.38 bits per heavy atom. The molecule has 0 saturated heterocycles. The van der Waals surface area contributed by atoms with Crippen molar-refractivity contribution in [2.24, 2.45) is 0 Å². The maximum absolute atomic E-state index is 12.7. The molecule has 0 radical (unpaired) electrons. The van der Waals surface area contributed by atoms with Crippen LogP contribution in [0.5, 0.6) is 11.5 Å². The quantitative estimate of drug-likeness (QED) is 0.617. The van der Waals surface area contributed by atoms with Gasteiger partial charge in [0.1, 0.15) is 5.69 Å². The van der Waals surface area contributed by atoms with E-state index in [0.717, 1.165) is 14.2 Å². The van der Waals surface area contributed by atoms with Crippen molar-refractivity contribution in [2.75, 3.05) is 14.2 Å². The van der Waals surface area contributed by atoms with Crippen LogP contribution < -0.4 is 9.47 Å². The Morgan fingerprint density at radius 1 is 1.33 bits per heavy atom. The Hall–Kier alpha value is -2.13. The summed E-state index contributed by atoms with van der Waals surface area (Å²) >= 11 is 0. The van der Waals surface area contributed by atoms with Gasteiger partial charge in [-0.1, -0.05) is 0 Å².